The molecule has 0 saturated heterocycles. The first-order valence-electron chi connectivity index (χ1n) is 5.40. The van der Waals surface area contributed by atoms with Crippen LogP contribution in [0.4, 0.5) is 5.69 Å². The van der Waals surface area contributed by atoms with Crippen LogP contribution in [0, 0.1) is 6.92 Å². The van der Waals surface area contributed by atoms with E-state index in [0.29, 0.717) is 6.54 Å². The molecule has 2 N–H and O–H groups in total. The minimum absolute atomic E-state index is 0.0234. The molecule has 0 radical (unpaired) electrons. The van der Waals surface area contributed by atoms with Gasteiger partial charge in [0.05, 0.1) is 6.54 Å². The minimum atomic E-state index is 0.0234. The van der Waals surface area contributed by atoms with Gasteiger partial charge in [-0.05, 0) is 40.9 Å². The monoisotopic (exact) mass is 284 g/mol. The molecule has 0 fully saturated rings. The highest BCUT2D eigenvalue weighted by Crippen LogP contribution is 2.25. The van der Waals surface area contributed by atoms with Crippen LogP contribution in [-0.2, 0) is 4.79 Å². The Labute approximate surface area is 105 Å². The molecule has 0 bridgehead atoms. The summed E-state index contributed by atoms with van der Waals surface area (Å²) < 4.78 is 1.01. The van der Waals surface area contributed by atoms with Crippen molar-refractivity contribution in [3.05, 3.63) is 28.2 Å². The number of benzene rings is 1. The number of halogens is 1. The standard InChI is InChI=1S/C12H17BrN2O/c1-3-7-14-11(16)8-15-10-6-4-5-9(2)12(10)13/h4-6,15H,3,7-8H2,1-2H3,(H,14,16). The van der Waals surface area contributed by atoms with Crippen molar-refractivity contribution in [2.24, 2.45) is 0 Å². The Balaban J connectivity index is 2.48. The zero-order valence-corrected chi connectivity index (χ0v) is 11.2. The van der Waals surface area contributed by atoms with E-state index >= 15 is 0 Å². The third kappa shape index (κ3) is 3.85. The maximum absolute atomic E-state index is 11.4. The second kappa shape index (κ2) is 6.53. The molecule has 0 saturated carbocycles. The Morgan fingerprint density at radius 1 is 1.44 bits per heavy atom. The molecule has 3 nitrogen and oxygen atoms in total. The Bertz CT molecular complexity index is 366. The summed E-state index contributed by atoms with van der Waals surface area (Å²) in [5.74, 6) is 0.0234. The molecular weight excluding hydrogens is 268 g/mol. The third-order valence-corrected chi connectivity index (χ3v) is 3.26. The summed E-state index contributed by atoms with van der Waals surface area (Å²) in [7, 11) is 0. The zero-order valence-electron chi connectivity index (χ0n) is 9.64. The molecule has 0 aromatic heterocycles. The summed E-state index contributed by atoms with van der Waals surface area (Å²) in [6.45, 7) is 5.09. The average Bonchev–Trinajstić information content (AvgIpc) is 2.28. The van der Waals surface area contributed by atoms with Crippen molar-refractivity contribution in [2.75, 3.05) is 18.4 Å². The quantitative estimate of drug-likeness (QED) is 0.873. The van der Waals surface area contributed by atoms with Crippen LogP contribution in [0.2, 0.25) is 0 Å². The molecule has 0 spiro atoms. The lowest BCUT2D eigenvalue weighted by Crippen LogP contribution is -2.30. The molecule has 1 aromatic carbocycles. The Morgan fingerprint density at radius 2 is 2.19 bits per heavy atom. The second-order valence-corrected chi connectivity index (χ2v) is 4.43. The molecule has 0 aliphatic heterocycles. The van der Waals surface area contributed by atoms with E-state index in [0.717, 1.165) is 28.7 Å². The van der Waals surface area contributed by atoms with Gasteiger partial charge in [-0.1, -0.05) is 19.1 Å². The smallest absolute Gasteiger partial charge is 0.239 e. The number of hydrogen-bond acceptors (Lipinski definition) is 2. The number of anilines is 1. The lowest BCUT2D eigenvalue weighted by molar-refractivity contribution is -0.119. The fourth-order valence-electron chi connectivity index (χ4n) is 1.29. The third-order valence-electron chi connectivity index (χ3n) is 2.20. The molecule has 1 amide bonds. The van der Waals surface area contributed by atoms with Gasteiger partial charge in [-0.25, -0.2) is 0 Å². The Morgan fingerprint density at radius 3 is 2.88 bits per heavy atom. The first-order valence-corrected chi connectivity index (χ1v) is 6.20. The first-order chi connectivity index (χ1) is 7.65. The van der Waals surface area contributed by atoms with Crippen LogP contribution >= 0.6 is 15.9 Å². The summed E-state index contributed by atoms with van der Waals surface area (Å²) in [4.78, 5) is 11.4. The Kier molecular flexibility index (Phi) is 5.32. The van der Waals surface area contributed by atoms with Crippen molar-refractivity contribution >= 4 is 27.5 Å². The lowest BCUT2D eigenvalue weighted by Gasteiger charge is -2.10. The fraction of sp³-hybridized carbons (Fsp3) is 0.417. The van der Waals surface area contributed by atoms with E-state index in [9.17, 15) is 4.79 Å². The van der Waals surface area contributed by atoms with Crippen molar-refractivity contribution in [2.45, 2.75) is 20.3 Å². The van der Waals surface area contributed by atoms with Gasteiger partial charge >= 0.3 is 0 Å². The molecule has 0 aliphatic carbocycles. The van der Waals surface area contributed by atoms with Crippen LogP contribution in [0.1, 0.15) is 18.9 Å². The number of amides is 1. The molecule has 4 heteroatoms. The maximum Gasteiger partial charge on any atom is 0.239 e. The number of aryl methyl sites for hydroxylation is 1. The number of carbonyl (C=O) groups excluding carboxylic acids is 1. The van der Waals surface area contributed by atoms with Crippen molar-refractivity contribution in [1.82, 2.24) is 5.32 Å². The van der Waals surface area contributed by atoms with E-state index in [-0.39, 0.29) is 5.91 Å². The SMILES string of the molecule is CCCNC(=O)CNc1cccc(C)c1Br. The van der Waals surface area contributed by atoms with E-state index in [4.69, 9.17) is 0 Å². The predicted octanol–water partition coefficient (Wildman–Crippen LogP) is 2.70. The second-order valence-electron chi connectivity index (χ2n) is 3.64. The minimum Gasteiger partial charge on any atom is -0.375 e. The van der Waals surface area contributed by atoms with E-state index in [2.05, 4.69) is 26.6 Å². The van der Waals surface area contributed by atoms with Crippen molar-refractivity contribution in [3.63, 3.8) is 0 Å². The van der Waals surface area contributed by atoms with Gasteiger partial charge in [0.25, 0.3) is 0 Å². The van der Waals surface area contributed by atoms with Gasteiger partial charge in [0.1, 0.15) is 0 Å². The van der Waals surface area contributed by atoms with E-state index in [1.807, 2.05) is 32.0 Å². The van der Waals surface area contributed by atoms with Crippen molar-refractivity contribution in [3.8, 4) is 0 Å². The molecule has 0 atom stereocenters. The number of rotatable bonds is 5. The van der Waals surface area contributed by atoms with Gasteiger partial charge in [-0.15, -0.1) is 0 Å². The van der Waals surface area contributed by atoms with Gasteiger partial charge in [-0.3, -0.25) is 4.79 Å². The van der Waals surface area contributed by atoms with Crippen molar-refractivity contribution in [1.29, 1.82) is 0 Å². The highest BCUT2D eigenvalue weighted by atomic mass is 79.9. The van der Waals surface area contributed by atoms with Gasteiger partial charge in [-0.2, -0.15) is 0 Å². The molecule has 1 rings (SSSR count). The topological polar surface area (TPSA) is 41.1 Å². The highest BCUT2D eigenvalue weighted by molar-refractivity contribution is 9.10. The van der Waals surface area contributed by atoms with Crippen LogP contribution in [-0.4, -0.2) is 19.0 Å². The van der Waals surface area contributed by atoms with Crippen molar-refractivity contribution < 1.29 is 4.79 Å². The summed E-state index contributed by atoms with van der Waals surface area (Å²) >= 11 is 3.49. The van der Waals surface area contributed by atoms with Crippen LogP contribution in [0.25, 0.3) is 0 Å². The highest BCUT2D eigenvalue weighted by Gasteiger charge is 2.04. The van der Waals surface area contributed by atoms with Crippen LogP contribution < -0.4 is 10.6 Å². The fourth-order valence-corrected chi connectivity index (χ4v) is 1.69. The number of nitrogens with one attached hydrogen (secondary N) is 2. The normalized spacial score (nSPS) is 9.94. The predicted molar refractivity (Wildman–Crippen MR) is 70.7 cm³/mol. The molecule has 16 heavy (non-hydrogen) atoms. The van der Waals surface area contributed by atoms with Gasteiger partial charge < -0.3 is 10.6 Å². The average molecular weight is 285 g/mol. The molecule has 1 aromatic rings. The summed E-state index contributed by atoms with van der Waals surface area (Å²) in [5.41, 5.74) is 2.10. The van der Waals surface area contributed by atoms with Crippen LogP contribution in [0.3, 0.4) is 0 Å². The zero-order chi connectivity index (χ0) is 12.0. The molecule has 0 aliphatic rings. The summed E-state index contributed by atoms with van der Waals surface area (Å²) in [6.07, 6.45) is 0.958. The van der Waals surface area contributed by atoms with Gasteiger partial charge in [0.15, 0.2) is 0 Å². The van der Waals surface area contributed by atoms with E-state index < -0.39 is 0 Å². The molecular formula is C12H17BrN2O. The van der Waals surface area contributed by atoms with Gasteiger partial charge in [0, 0.05) is 16.7 Å². The number of carbonyl (C=O) groups is 1. The van der Waals surface area contributed by atoms with E-state index in [1.165, 1.54) is 0 Å². The van der Waals surface area contributed by atoms with E-state index in [1.54, 1.807) is 0 Å². The maximum atomic E-state index is 11.4. The molecule has 0 heterocycles. The lowest BCUT2D eigenvalue weighted by atomic mass is 10.2. The summed E-state index contributed by atoms with van der Waals surface area (Å²) in [6, 6.07) is 5.93. The summed E-state index contributed by atoms with van der Waals surface area (Å²) in [5, 5.41) is 5.92. The van der Waals surface area contributed by atoms with Gasteiger partial charge in [0.2, 0.25) is 5.91 Å². The first kappa shape index (κ1) is 13.0. The number of hydrogen-bond donors (Lipinski definition) is 2. The Hall–Kier alpha value is -1.03. The van der Waals surface area contributed by atoms with Crippen LogP contribution in [0.5, 0.6) is 0 Å². The largest absolute Gasteiger partial charge is 0.375 e. The molecule has 88 valence electrons. The molecule has 0 unspecified atom stereocenters. The van der Waals surface area contributed by atoms with Crippen LogP contribution in [0.15, 0.2) is 22.7 Å².